The minimum Gasteiger partial charge on any atom is -0.255 e. The van der Waals surface area contributed by atoms with Gasteiger partial charge in [0.05, 0.1) is 11.0 Å². The van der Waals surface area contributed by atoms with Crippen LogP contribution in [0, 0.1) is 0 Å². The number of halogens is 1. The molecule has 0 aliphatic heterocycles. The van der Waals surface area contributed by atoms with Gasteiger partial charge in [0.15, 0.2) is 0 Å². The Morgan fingerprint density at radius 2 is 2.17 bits per heavy atom. The van der Waals surface area contributed by atoms with E-state index in [-0.39, 0.29) is 0 Å². The van der Waals surface area contributed by atoms with Crippen LogP contribution in [-0.4, -0.2) is 9.97 Å². The van der Waals surface area contributed by atoms with Crippen LogP contribution >= 0.6 is 15.9 Å². The molecule has 2 aromatic heterocycles. The molecule has 0 aliphatic rings. The van der Waals surface area contributed by atoms with Crippen molar-refractivity contribution in [3.8, 4) is 0 Å². The van der Waals surface area contributed by atoms with Crippen molar-refractivity contribution in [3.05, 3.63) is 36.2 Å². The Kier molecular flexibility index (Phi) is 2.04. The van der Waals surface area contributed by atoms with Crippen molar-refractivity contribution in [2.45, 2.75) is 5.33 Å². The largest absolute Gasteiger partial charge is 0.255 e. The number of rotatable bonds is 1. The number of aromatic nitrogens is 2. The van der Waals surface area contributed by atoms with Crippen LogP contribution in [0.15, 0.2) is 30.6 Å². The van der Waals surface area contributed by atoms with Gasteiger partial charge in [0, 0.05) is 17.7 Å². The maximum absolute atomic E-state index is 4.26. The van der Waals surface area contributed by atoms with Crippen LogP contribution < -0.4 is 0 Å². The average molecular weight is 223 g/mol. The van der Waals surface area contributed by atoms with Crippen LogP contribution in [0.25, 0.3) is 11.0 Å². The van der Waals surface area contributed by atoms with E-state index in [9.17, 15) is 0 Å². The van der Waals surface area contributed by atoms with Gasteiger partial charge in [-0.15, -0.1) is 0 Å². The molecule has 0 saturated carbocycles. The van der Waals surface area contributed by atoms with E-state index in [0.29, 0.717) is 0 Å². The molecule has 60 valence electrons. The van der Waals surface area contributed by atoms with Crippen LogP contribution in [0.3, 0.4) is 0 Å². The molecule has 0 atom stereocenters. The fourth-order valence-electron chi connectivity index (χ4n) is 1.07. The lowest BCUT2D eigenvalue weighted by Crippen LogP contribution is -1.84. The Bertz CT molecular complexity index is 400. The van der Waals surface area contributed by atoms with Crippen molar-refractivity contribution in [2.75, 3.05) is 0 Å². The van der Waals surface area contributed by atoms with Crippen LogP contribution in [0.4, 0.5) is 0 Å². The van der Waals surface area contributed by atoms with Crippen molar-refractivity contribution in [1.29, 1.82) is 0 Å². The van der Waals surface area contributed by atoms with Gasteiger partial charge in [-0.25, -0.2) is 0 Å². The summed E-state index contributed by atoms with van der Waals surface area (Å²) in [5.74, 6) is 0. The third-order valence-electron chi connectivity index (χ3n) is 1.66. The SMILES string of the molecule is BrCc1cnc2cccnc2c1. The highest BCUT2D eigenvalue weighted by molar-refractivity contribution is 9.08. The maximum atomic E-state index is 4.26. The summed E-state index contributed by atoms with van der Waals surface area (Å²) in [5, 5.41) is 0.826. The van der Waals surface area contributed by atoms with Gasteiger partial charge in [0.25, 0.3) is 0 Å². The number of alkyl halides is 1. The standard InChI is InChI=1S/C9H7BrN2/c10-5-7-4-9-8(12-6-7)2-1-3-11-9/h1-4,6H,5H2. The summed E-state index contributed by atoms with van der Waals surface area (Å²) < 4.78 is 0. The fourth-order valence-corrected chi connectivity index (χ4v) is 1.37. The summed E-state index contributed by atoms with van der Waals surface area (Å²) in [6.07, 6.45) is 3.64. The molecule has 0 aromatic carbocycles. The van der Waals surface area contributed by atoms with E-state index >= 15 is 0 Å². The molecule has 2 rings (SSSR count). The lowest BCUT2D eigenvalue weighted by atomic mass is 10.2. The molecule has 0 fully saturated rings. The number of hydrogen-bond acceptors (Lipinski definition) is 2. The molecule has 0 saturated heterocycles. The van der Waals surface area contributed by atoms with E-state index in [1.807, 2.05) is 24.4 Å². The van der Waals surface area contributed by atoms with Gasteiger partial charge in [-0.2, -0.15) is 0 Å². The van der Waals surface area contributed by atoms with Crippen LogP contribution in [0.5, 0.6) is 0 Å². The Hall–Kier alpha value is -0.960. The lowest BCUT2D eigenvalue weighted by molar-refractivity contribution is 1.28. The first-order valence-electron chi connectivity index (χ1n) is 3.66. The molecule has 3 heteroatoms. The van der Waals surface area contributed by atoms with Crippen molar-refractivity contribution >= 4 is 27.0 Å². The Labute approximate surface area is 78.8 Å². The summed E-state index contributed by atoms with van der Waals surface area (Å²) in [7, 11) is 0. The van der Waals surface area contributed by atoms with Crippen LogP contribution in [-0.2, 0) is 5.33 Å². The number of hydrogen-bond donors (Lipinski definition) is 0. The molecule has 0 amide bonds. The molecular formula is C9H7BrN2. The monoisotopic (exact) mass is 222 g/mol. The summed E-state index contributed by atoms with van der Waals surface area (Å²) in [6, 6.07) is 5.89. The number of pyridine rings is 2. The molecular weight excluding hydrogens is 216 g/mol. The van der Waals surface area contributed by atoms with E-state index in [0.717, 1.165) is 21.9 Å². The summed E-state index contributed by atoms with van der Waals surface area (Å²) in [6.45, 7) is 0. The normalized spacial score (nSPS) is 10.4. The lowest BCUT2D eigenvalue weighted by Gasteiger charge is -1.97. The molecule has 0 aliphatic carbocycles. The van der Waals surface area contributed by atoms with Crippen LogP contribution in [0.1, 0.15) is 5.56 Å². The first-order chi connectivity index (χ1) is 5.90. The minimum absolute atomic E-state index is 0.826. The number of fused-ring (bicyclic) bond motifs is 1. The fraction of sp³-hybridized carbons (Fsp3) is 0.111. The first-order valence-corrected chi connectivity index (χ1v) is 4.78. The smallest absolute Gasteiger partial charge is 0.0889 e. The maximum Gasteiger partial charge on any atom is 0.0889 e. The average Bonchev–Trinajstić information content (AvgIpc) is 2.17. The Balaban J connectivity index is 2.67. The van der Waals surface area contributed by atoms with E-state index in [4.69, 9.17) is 0 Å². The van der Waals surface area contributed by atoms with Gasteiger partial charge < -0.3 is 0 Å². The summed E-state index contributed by atoms with van der Waals surface area (Å²) in [4.78, 5) is 8.47. The predicted octanol–water partition coefficient (Wildman–Crippen LogP) is 2.52. The molecule has 0 bridgehead atoms. The van der Waals surface area contributed by atoms with E-state index < -0.39 is 0 Å². The van der Waals surface area contributed by atoms with Crippen molar-refractivity contribution in [2.24, 2.45) is 0 Å². The molecule has 0 N–H and O–H groups in total. The van der Waals surface area contributed by atoms with Gasteiger partial charge in [-0.05, 0) is 23.8 Å². The highest BCUT2D eigenvalue weighted by atomic mass is 79.9. The number of nitrogens with zero attached hydrogens (tertiary/aromatic N) is 2. The molecule has 0 radical (unpaired) electrons. The van der Waals surface area contributed by atoms with Gasteiger partial charge in [-0.1, -0.05) is 15.9 Å². The Morgan fingerprint density at radius 3 is 3.00 bits per heavy atom. The third-order valence-corrected chi connectivity index (χ3v) is 2.31. The quantitative estimate of drug-likeness (QED) is 0.694. The Morgan fingerprint density at radius 1 is 1.25 bits per heavy atom. The molecule has 2 aromatic rings. The first kappa shape index (κ1) is 7.68. The zero-order valence-electron chi connectivity index (χ0n) is 6.37. The highest BCUT2D eigenvalue weighted by Crippen LogP contribution is 2.11. The second-order valence-electron chi connectivity index (χ2n) is 2.52. The van der Waals surface area contributed by atoms with E-state index in [1.54, 1.807) is 6.20 Å². The second kappa shape index (κ2) is 3.19. The topological polar surface area (TPSA) is 25.8 Å². The van der Waals surface area contributed by atoms with Gasteiger partial charge in [-0.3, -0.25) is 9.97 Å². The van der Waals surface area contributed by atoms with Crippen molar-refractivity contribution in [3.63, 3.8) is 0 Å². The molecule has 2 heterocycles. The summed E-state index contributed by atoms with van der Waals surface area (Å²) >= 11 is 3.38. The van der Waals surface area contributed by atoms with E-state index in [2.05, 4.69) is 25.9 Å². The molecule has 12 heavy (non-hydrogen) atoms. The molecule has 0 unspecified atom stereocenters. The van der Waals surface area contributed by atoms with Crippen molar-refractivity contribution in [1.82, 2.24) is 9.97 Å². The summed E-state index contributed by atoms with van der Waals surface area (Å²) in [5.41, 5.74) is 3.05. The zero-order chi connectivity index (χ0) is 8.39. The van der Waals surface area contributed by atoms with Gasteiger partial charge >= 0.3 is 0 Å². The molecule has 2 nitrogen and oxygen atoms in total. The predicted molar refractivity (Wildman–Crippen MR) is 52.2 cm³/mol. The van der Waals surface area contributed by atoms with Crippen molar-refractivity contribution < 1.29 is 0 Å². The minimum atomic E-state index is 0.826. The van der Waals surface area contributed by atoms with Gasteiger partial charge in [0.2, 0.25) is 0 Å². The zero-order valence-corrected chi connectivity index (χ0v) is 7.95. The highest BCUT2D eigenvalue weighted by Gasteiger charge is 1.95. The molecule has 0 spiro atoms. The second-order valence-corrected chi connectivity index (χ2v) is 3.08. The van der Waals surface area contributed by atoms with Gasteiger partial charge in [0.1, 0.15) is 0 Å². The van der Waals surface area contributed by atoms with Crippen LogP contribution in [0.2, 0.25) is 0 Å². The van der Waals surface area contributed by atoms with E-state index in [1.165, 1.54) is 0 Å². The third kappa shape index (κ3) is 1.32.